The summed E-state index contributed by atoms with van der Waals surface area (Å²) in [5, 5.41) is 15.5. The van der Waals surface area contributed by atoms with Crippen molar-refractivity contribution in [3.05, 3.63) is 34.3 Å². The predicted octanol–water partition coefficient (Wildman–Crippen LogP) is 2.72. The molecule has 0 aromatic heterocycles. The van der Waals surface area contributed by atoms with Crippen LogP contribution in [-0.2, 0) is 0 Å². The average molecular weight is 327 g/mol. The van der Waals surface area contributed by atoms with Crippen LogP contribution in [0.1, 0.15) is 37.8 Å². The van der Waals surface area contributed by atoms with Crippen LogP contribution in [0.15, 0.2) is 28.7 Å². The quantitative estimate of drug-likeness (QED) is 0.796. The van der Waals surface area contributed by atoms with Crippen molar-refractivity contribution in [2.75, 3.05) is 6.54 Å². The molecule has 0 bridgehead atoms. The maximum absolute atomic E-state index is 11.8. The molecule has 0 spiro atoms. The van der Waals surface area contributed by atoms with Crippen LogP contribution in [0.3, 0.4) is 0 Å². The van der Waals surface area contributed by atoms with E-state index in [2.05, 4.69) is 26.6 Å². The van der Waals surface area contributed by atoms with Gasteiger partial charge in [-0.3, -0.25) is 0 Å². The molecule has 5 heteroatoms. The molecule has 1 aliphatic carbocycles. The van der Waals surface area contributed by atoms with Gasteiger partial charge in [-0.15, -0.1) is 0 Å². The maximum Gasteiger partial charge on any atom is 0.315 e. The second kappa shape index (κ2) is 5.92. The molecule has 1 fully saturated rings. The van der Waals surface area contributed by atoms with Crippen LogP contribution in [0, 0.1) is 0 Å². The Kier molecular flexibility index (Phi) is 4.47. The van der Waals surface area contributed by atoms with Crippen LogP contribution in [-0.4, -0.2) is 23.3 Å². The summed E-state index contributed by atoms with van der Waals surface area (Å²) in [6.45, 7) is 2.25. The van der Waals surface area contributed by atoms with E-state index in [0.29, 0.717) is 6.54 Å². The second-order valence-corrected chi connectivity index (χ2v) is 6.00. The number of carbonyl (C=O) groups is 1. The molecule has 104 valence electrons. The van der Waals surface area contributed by atoms with Crippen molar-refractivity contribution in [2.45, 2.75) is 37.8 Å². The first-order valence-electron chi connectivity index (χ1n) is 6.51. The Morgan fingerprint density at radius 3 is 2.74 bits per heavy atom. The van der Waals surface area contributed by atoms with Crippen LogP contribution in [0.5, 0.6) is 0 Å². The van der Waals surface area contributed by atoms with E-state index in [0.717, 1.165) is 29.3 Å². The summed E-state index contributed by atoms with van der Waals surface area (Å²) in [4.78, 5) is 11.8. The molecule has 3 N–H and O–H groups in total. The minimum absolute atomic E-state index is 0.0911. The van der Waals surface area contributed by atoms with Gasteiger partial charge in [-0.1, -0.05) is 34.1 Å². The Hall–Kier alpha value is -1.07. The summed E-state index contributed by atoms with van der Waals surface area (Å²) in [6, 6.07) is 7.45. The summed E-state index contributed by atoms with van der Waals surface area (Å²) in [5.74, 6) is 0. The van der Waals surface area contributed by atoms with Gasteiger partial charge in [0.2, 0.25) is 0 Å². The highest BCUT2D eigenvalue weighted by Gasteiger charge is 2.34. The Morgan fingerprint density at radius 1 is 1.47 bits per heavy atom. The van der Waals surface area contributed by atoms with Gasteiger partial charge in [0.1, 0.15) is 0 Å². The molecule has 4 nitrogen and oxygen atoms in total. The van der Waals surface area contributed by atoms with E-state index in [4.69, 9.17) is 0 Å². The van der Waals surface area contributed by atoms with Crippen LogP contribution >= 0.6 is 15.9 Å². The van der Waals surface area contributed by atoms with Gasteiger partial charge in [0.15, 0.2) is 0 Å². The third kappa shape index (κ3) is 3.70. The summed E-state index contributed by atoms with van der Waals surface area (Å²) >= 11 is 3.47. The fourth-order valence-electron chi connectivity index (χ4n) is 2.16. The zero-order valence-electron chi connectivity index (χ0n) is 10.9. The lowest BCUT2D eigenvalue weighted by atomic mass is 9.80. The zero-order chi connectivity index (χ0) is 13.9. The minimum Gasteiger partial charge on any atom is -0.388 e. The van der Waals surface area contributed by atoms with Crippen molar-refractivity contribution in [3.8, 4) is 0 Å². The molecule has 1 unspecified atom stereocenters. The second-order valence-electron chi connectivity index (χ2n) is 5.15. The largest absolute Gasteiger partial charge is 0.388 e. The fraction of sp³-hybridized carbons (Fsp3) is 0.500. The predicted molar refractivity (Wildman–Crippen MR) is 77.9 cm³/mol. The lowest BCUT2D eigenvalue weighted by molar-refractivity contribution is -0.0290. The van der Waals surface area contributed by atoms with Gasteiger partial charge in [-0.2, -0.15) is 0 Å². The molecule has 1 aliphatic rings. The molecular formula is C14H19BrN2O2. The number of rotatable bonds is 4. The molecule has 1 aromatic rings. The number of nitrogens with one attached hydrogen (secondary N) is 2. The Balaban J connectivity index is 1.83. The molecule has 0 radical (unpaired) electrons. The Bertz CT molecular complexity index is 461. The number of amides is 2. The monoisotopic (exact) mass is 326 g/mol. The number of carbonyl (C=O) groups excluding carboxylic acids is 1. The van der Waals surface area contributed by atoms with E-state index in [-0.39, 0.29) is 12.1 Å². The summed E-state index contributed by atoms with van der Waals surface area (Å²) < 4.78 is 0.973. The number of aliphatic hydroxyl groups is 1. The fourth-order valence-corrected chi connectivity index (χ4v) is 2.79. The number of halogens is 1. The molecular weight excluding hydrogens is 308 g/mol. The van der Waals surface area contributed by atoms with Gasteiger partial charge in [-0.25, -0.2) is 4.79 Å². The van der Waals surface area contributed by atoms with Gasteiger partial charge in [-0.05, 0) is 37.8 Å². The van der Waals surface area contributed by atoms with Gasteiger partial charge >= 0.3 is 6.03 Å². The van der Waals surface area contributed by atoms with Gasteiger partial charge in [0.05, 0.1) is 11.6 Å². The molecule has 1 saturated carbocycles. The average Bonchev–Trinajstić information content (AvgIpc) is 2.34. The minimum atomic E-state index is -0.687. The van der Waals surface area contributed by atoms with E-state index in [1.165, 1.54) is 0 Å². The van der Waals surface area contributed by atoms with Gasteiger partial charge in [0, 0.05) is 11.0 Å². The van der Waals surface area contributed by atoms with Crippen molar-refractivity contribution in [1.82, 2.24) is 10.6 Å². The zero-order valence-corrected chi connectivity index (χ0v) is 12.5. The number of benzene rings is 1. The highest BCUT2D eigenvalue weighted by molar-refractivity contribution is 9.10. The molecule has 19 heavy (non-hydrogen) atoms. The highest BCUT2D eigenvalue weighted by atomic mass is 79.9. The van der Waals surface area contributed by atoms with Crippen molar-refractivity contribution in [2.24, 2.45) is 0 Å². The highest BCUT2D eigenvalue weighted by Crippen LogP contribution is 2.30. The standard InChI is InChI=1S/C14H19BrN2O2/c1-10(11-5-2-3-6-12(11)15)17-13(18)16-9-14(19)7-4-8-14/h2-3,5-6,10,19H,4,7-9H2,1H3,(H2,16,17,18). The SMILES string of the molecule is CC(NC(=O)NCC1(O)CCC1)c1ccccc1Br. The first-order chi connectivity index (χ1) is 9.00. The summed E-state index contributed by atoms with van der Waals surface area (Å²) in [7, 11) is 0. The van der Waals surface area contributed by atoms with Gasteiger partial charge in [0.25, 0.3) is 0 Å². The van der Waals surface area contributed by atoms with Crippen LogP contribution < -0.4 is 10.6 Å². The molecule has 2 amide bonds. The smallest absolute Gasteiger partial charge is 0.315 e. The molecule has 2 rings (SSSR count). The molecule has 0 heterocycles. The summed E-state index contributed by atoms with van der Waals surface area (Å²) in [6.07, 6.45) is 2.58. The van der Waals surface area contributed by atoms with E-state index in [1.54, 1.807) is 0 Å². The Morgan fingerprint density at radius 2 is 2.16 bits per heavy atom. The van der Waals surface area contributed by atoms with Crippen molar-refractivity contribution in [3.63, 3.8) is 0 Å². The number of hydrogen-bond donors (Lipinski definition) is 3. The molecule has 0 saturated heterocycles. The third-order valence-corrected chi connectivity index (χ3v) is 4.30. The van der Waals surface area contributed by atoms with Gasteiger partial charge < -0.3 is 15.7 Å². The van der Waals surface area contributed by atoms with E-state index >= 15 is 0 Å². The number of urea groups is 1. The van der Waals surface area contributed by atoms with E-state index in [1.807, 2.05) is 31.2 Å². The van der Waals surface area contributed by atoms with Crippen molar-refractivity contribution >= 4 is 22.0 Å². The first-order valence-corrected chi connectivity index (χ1v) is 7.31. The summed E-state index contributed by atoms with van der Waals surface area (Å²) in [5.41, 5.74) is 0.341. The van der Waals surface area contributed by atoms with Crippen LogP contribution in [0.25, 0.3) is 0 Å². The normalized spacial score (nSPS) is 18.3. The first kappa shape index (κ1) is 14.3. The maximum atomic E-state index is 11.8. The lowest BCUT2D eigenvalue weighted by Crippen LogP contribution is -2.50. The van der Waals surface area contributed by atoms with Crippen molar-refractivity contribution in [1.29, 1.82) is 0 Å². The number of hydrogen-bond acceptors (Lipinski definition) is 2. The van der Waals surface area contributed by atoms with Crippen molar-refractivity contribution < 1.29 is 9.90 Å². The Labute approximate surface area is 121 Å². The van der Waals surface area contributed by atoms with E-state index in [9.17, 15) is 9.90 Å². The topological polar surface area (TPSA) is 61.4 Å². The third-order valence-electron chi connectivity index (χ3n) is 3.58. The van der Waals surface area contributed by atoms with Crippen LogP contribution in [0.2, 0.25) is 0 Å². The molecule has 0 aliphatic heterocycles. The molecule has 1 aromatic carbocycles. The van der Waals surface area contributed by atoms with Crippen LogP contribution in [0.4, 0.5) is 4.79 Å². The molecule has 1 atom stereocenters. The van der Waals surface area contributed by atoms with E-state index < -0.39 is 5.60 Å². The lowest BCUT2D eigenvalue weighted by Gasteiger charge is -2.36.